The molecule has 5 aromatic carbocycles. The number of aromatic nitrogens is 3. The van der Waals surface area contributed by atoms with Gasteiger partial charge in [-0.3, -0.25) is 4.98 Å². The molecule has 0 fully saturated rings. The average molecular weight is 568 g/mol. The molecule has 43 heavy (non-hydrogen) atoms. The summed E-state index contributed by atoms with van der Waals surface area (Å²) < 4.78 is 2.59. The first-order chi connectivity index (χ1) is 21.3. The summed E-state index contributed by atoms with van der Waals surface area (Å²) in [6.07, 6.45) is 3.61. The van der Waals surface area contributed by atoms with Crippen LogP contribution in [0, 0.1) is 0 Å². The Kier molecular flexibility index (Phi) is 6.32. The number of fused-ring (bicyclic) bond motifs is 3. The minimum Gasteiger partial charge on any atom is -0.265 e. The monoisotopic (exact) mass is 567 g/mol. The van der Waals surface area contributed by atoms with E-state index < -0.39 is 0 Å². The van der Waals surface area contributed by atoms with Crippen LogP contribution in [0.4, 0.5) is 0 Å². The van der Waals surface area contributed by atoms with Crippen molar-refractivity contribution in [2.75, 3.05) is 0 Å². The second-order valence-electron chi connectivity index (χ2n) is 10.5. The number of hydrogen-bond acceptors (Lipinski definition) is 4. The smallest absolute Gasteiger partial charge is 0.160 e. The van der Waals surface area contributed by atoms with E-state index in [0.29, 0.717) is 5.82 Å². The largest absolute Gasteiger partial charge is 0.265 e. The van der Waals surface area contributed by atoms with Gasteiger partial charge >= 0.3 is 0 Å². The predicted octanol–water partition coefficient (Wildman–Crippen LogP) is 10.6. The van der Waals surface area contributed by atoms with E-state index in [-0.39, 0.29) is 0 Å². The highest BCUT2D eigenvalue weighted by atomic mass is 32.1. The molecule has 0 bridgehead atoms. The summed E-state index contributed by atoms with van der Waals surface area (Å²) >= 11 is 1.85. The molecule has 202 valence electrons. The lowest BCUT2D eigenvalue weighted by Crippen LogP contribution is -1.96. The molecule has 0 saturated heterocycles. The Bertz CT molecular complexity index is 2170. The van der Waals surface area contributed by atoms with Crippen LogP contribution in [0.2, 0.25) is 0 Å². The minimum absolute atomic E-state index is 0.697. The lowest BCUT2D eigenvalue weighted by molar-refractivity contribution is 1.18. The average Bonchev–Trinajstić information content (AvgIpc) is 3.48. The molecule has 0 aliphatic rings. The molecule has 0 unspecified atom stereocenters. The van der Waals surface area contributed by atoms with Crippen LogP contribution in [0.1, 0.15) is 0 Å². The number of nitrogens with zero attached hydrogens (tertiary/aromatic N) is 3. The highest BCUT2D eigenvalue weighted by Gasteiger charge is 2.16. The summed E-state index contributed by atoms with van der Waals surface area (Å²) in [7, 11) is 0. The molecule has 8 aromatic rings. The molecule has 0 atom stereocenters. The van der Waals surface area contributed by atoms with E-state index in [1.54, 1.807) is 12.4 Å². The van der Waals surface area contributed by atoms with Crippen LogP contribution < -0.4 is 0 Å². The summed E-state index contributed by atoms with van der Waals surface area (Å²) in [5.74, 6) is 0.697. The second kappa shape index (κ2) is 10.8. The van der Waals surface area contributed by atoms with Gasteiger partial charge in [-0.2, -0.15) is 0 Å². The van der Waals surface area contributed by atoms with Crippen molar-refractivity contribution in [3.05, 3.63) is 152 Å². The highest BCUT2D eigenvalue weighted by molar-refractivity contribution is 7.25. The van der Waals surface area contributed by atoms with Gasteiger partial charge in [0.05, 0.1) is 11.4 Å². The van der Waals surface area contributed by atoms with Crippen LogP contribution in [-0.4, -0.2) is 15.0 Å². The van der Waals surface area contributed by atoms with Gasteiger partial charge in [-0.15, -0.1) is 11.3 Å². The van der Waals surface area contributed by atoms with Crippen molar-refractivity contribution in [1.29, 1.82) is 0 Å². The van der Waals surface area contributed by atoms with E-state index in [2.05, 4.69) is 114 Å². The lowest BCUT2D eigenvalue weighted by Gasteiger charge is -2.14. The standard InChI is InChI=1S/C39H25N3S/c1-3-10-26(11-4-1)29-22-30(32-15-9-17-37-38(32)33-14-7-8-16-36(33)43-37)24-31(23-29)35-25-34(27-18-20-40-21-19-27)41-39(42-35)28-12-5-2-6-13-28/h1-25H. The summed E-state index contributed by atoms with van der Waals surface area (Å²) in [5, 5.41) is 2.59. The number of hydrogen-bond donors (Lipinski definition) is 0. The number of rotatable bonds is 5. The molecule has 3 nitrogen and oxygen atoms in total. The van der Waals surface area contributed by atoms with Gasteiger partial charge in [0.25, 0.3) is 0 Å². The molecule has 4 heteroatoms. The molecule has 0 N–H and O–H groups in total. The Hall–Kier alpha value is -5.45. The fourth-order valence-corrected chi connectivity index (χ4v) is 6.86. The van der Waals surface area contributed by atoms with E-state index >= 15 is 0 Å². The summed E-state index contributed by atoms with van der Waals surface area (Å²) in [6.45, 7) is 0. The van der Waals surface area contributed by atoms with Gasteiger partial charge in [0.2, 0.25) is 0 Å². The third kappa shape index (κ3) is 4.78. The predicted molar refractivity (Wildman–Crippen MR) is 180 cm³/mol. The normalized spacial score (nSPS) is 11.3. The summed E-state index contributed by atoms with van der Waals surface area (Å²) in [6, 6.07) is 49.0. The molecular formula is C39H25N3S. The van der Waals surface area contributed by atoms with E-state index in [9.17, 15) is 0 Å². The highest BCUT2D eigenvalue weighted by Crippen LogP contribution is 2.42. The van der Waals surface area contributed by atoms with E-state index in [1.807, 2.05) is 41.7 Å². The minimum atomic E-state index is 0.697. The van der Waals surface area contributed by atoms with Crippen LogP contribution in [0.25, 0.3) is 76.3 Å². The molecule has 0 radical (unpaired) electrons. The molecule has 0 amide bonds. The Labute approximate surface area is 253 Å². The fourth-order valence-electron chi connectivity index (χ4n) is 5.73. The summed E-state index contributed by atoms with van der Waals surface area (Å²) in [5.41, 5.74) is 9.47. The Balaban J connectivity index is 1.40. The zero-order chi connectivity index (χ0) is 28.6. The molecule has 3 heterocycles. The first-order valence-corrected chi connectivity index (χ1v) is 15.1. The molecule has 8 rings (SSSR count). The Morgan fingerprint density at radius 3 is 1.84 bits per heavy atom. The maximum Gasteiger partial charge on any atom is 0.160 e. The van der Waals surface area contributed by atoms with E-state index in [0.717, 1.165) is 39.2 Å². The van der Waals surface area contributed by atoms with Gasteiger partial charge < -0.3 is 0 Å². The number of benzene rings is 5. The maximum absolute atomic E-state index is 5.15. The first-order valence-electron chi connectivity index (χ1n) is 14.3. The molecule has 0 saturated carbocycles. The zero-order valence-electron chi connectivity index (χ0n) is 23.2. The van der Waals surface area contributed by atoms with Gasteiger partial charge in [0.1, 0.15) is 0 Å². The molecule has 0 aliphatic heterocycles. The number of thiophene rings is 1. The molecule has 0 aliphatic carbocycles. The van der Waals surface area contributed by atoms with Crippen molar-refractivity contribution in [3.63, 3.8) is 0 Å². The van der Waals surface area contributed by atoms with Crippen molar-refractivity contribution in [2.45, 2.75) is 0 Å². The van der Waals surface area contributed by atoms with Crippen LogP contribution in [0.15, 0.2) is 152 Å². The van der Waals surface area contributed by atoms with Crippen molar-refractivity contribution in [1.82, 2.24) is 15.0 Å². The lowest BCUT2D eigenvalue weighted by atomic mass is 9.92. The first kappa shape index (κ1) is 25.3. The SMILES string of the molecule is c1ccc(-c2cc(-c3cc(-c4ccncc4)nc(-c4ccccc4)n3)cc(-c3cccc4sc5ccccc5c34)c2)cc1. The van der Waals surface area contributed by atoms with Crippen LogP contribution in [-0.2, 0) is 0 Å². The van der Waals surface area contributed by atoms with E-state index in [4.69, 9.17) is 9.97 Å². The maximum atomic E-state index is 5.15. The third-order valence-electron chi connectivity index (χ3n) is 7.78. The number of pyridine rings is 1. The van der Waals surface area contributed by atoms with E-state index in [1.165, 1.54) is 31.3 Å². The van der Waals surface area contributed by atoms with Crippen molar-refractivity contribution < 1.29 is 0 Å². The van der Waals surface area contributed by atoms with Crippen molar-refractivity contribution in [3.8, 4) is 56.2 Å². The molecular weight excluding hydrogens is 543 g/mol. The van der Waals surface area contributed by atoms with Crippen LogP contribution >= 0.6 is 11.3 Å². The van der Waals surface area contributed by atoms with Gasteiger partial charge in [-0.1, -0.05) is 91.0 Å². The zero-order valence-corrected chi connectivity index (χ0v) is 24.0. The van der Waals surface area contributed by atoms with Gasteiger partial charge in [-0.25, -0.2) is 9.97 Å². The van der Waals surface area contributed by atoms with Gasteiger partial charge in [0.15, 0.2) is 5.82 Å². The fraction of sp³-hybridized carbons (Fsp3) is 0. The van der Waals surface area contributed by atoms with Crippen LogP contribution in [0.5, 0.6) is 0 Å². The van der Waals surface area contributed by atoms with Gasteiger partial charge in [0, 0.05) is 49.3 Å². The van der Waals surface area contributed by atoms with Crippen LogP contribution in [0.3, 0.4) is 0 Å². The van der Waals surface area contributed by atoms with Crippen molar-refractivity contribution in [2.24, 2.45) is 0 Å². The Morgan fingerprint density at radius 1 is 0.419 bits per heavy atom. The molecule has 0 spiro atoms. The molecule has 3 aromatic heterocycles. The summed E-state index contributed by atoms with van der Waals surface area (Å²) in [4.78, 5) is 14.4. The topological polar surface area (TPSA) is 38.7 Å². The van der Waals surface area contributed by atoms with Gasteiger partial charge in [-0.05, 0) is 70.8 Å². The third-order valence-corrected chi connectivity index (χ3v) is 8.92. The van der Waals surface area contributed by atoms with Crippen molar-refractivity contribution >= 4 is 31.5 Å². The second-order valence-corrected chi connectivity index (χ2v) is 11.6. The quantitative estimate of drug-likeness (QED) is 0.208. The Morgan fingerprint density at radius 2 is 1.05 bits per heavy atom.